The van der Waals surface area contributed by atoms with E-state index < -0.39 is 0 Å². The third kappa shape index (κ3) is 2.30. The lowest BCUT2D eigenvalue weighted by Crippen LogP contribution is -2.52. The summed E-state index contributed by atoms with van der Waals surface area (Å²) in [4.78, 5) is 0. The van der Waals surface area contributed by atoms with Crippen molar-refractivity contribution in [3.05, 3.63) is 23.8 Å². The van der Waals surface area contributed by atoms with Gasteiger partial charge in [-0.25, -0.2) is 0 Å². The summed E-state index contributed by atoms with van der Waals surface area (Å²) in [6.45, 7) is 7.55. The Morgan fingerprint density at radius 2 is 1.91 bits per heavy atom. The Bertz CT molecular complexity index is 512. The topological polar surface area (TPSA) is 0 Å². The first-order valence-corrected chi connectivity index (χ1v) is 10.5. The van der Waals surface area contributed by atoms with Gasteiger partial charge in [0.2, 0.25) is 0 Å². The molecule has 1 unspecified atom stereocenters. The van der Waals surface area contributed by atoms with Crippen molar-refractivity contribution in [2.24, 2.45) is 34.5 Å². The van der Waals surface area contributed by atoms with Crippen molar-refractivity contribution in [1.29, 1.82) is 0 Å². The van der Waals surface area contributed by atoms with Crippen molar-refractivity contribution in [3.8, 4) is 0 Å². The minimum absolute atomic E-state index is 0.491. The molecule has 0 N–H and O–H groups in total. The normalized spacial score (nSPS) is 49.4. The van der Waals surface area contributed by atoms with Crippen LogP contribution in [-0.4, -0.2) is 0 Å². The van der Waals surface area contributed by atoms with E-state index in [2.05, 4.69) is 39.0 Å². The first kappa shape index (κ1) is 16.0. The van der Waals surface area contributed by atoms with Gasteiger partial charge in [-0.2, -0.15) is 0 Å². The first-order chi connectivity index (χ1) is 11.1. The SMILES string of the molecule is CCC=CC1=CC[C@H]2[C@@H]3CCC4CCCC[C@]4(C)[C@H]3CC[C@]12C. The predicted molar refractivity (Wildman–Crippen MR) is 99.2 cm³/mol. The molecule has 0 aliphatic heterocycles. The summed E-state index contributed by atoms with van der Waals surface area (Å²) in [5.41, 5.74) is 2.86. The summed E-state index contributed by atoms with van der Waals surface area (Å²) in [6, 6.07) is 0. The summed E-state index contributed by atoms with van der Waals surface area (Å²) in [5, 5.41) is 0. The molecule has 0 nitrogen and oxygen atoms in total. The van der Waals surface area contributed by atoms with Crippen LogP contribution in [0.2, 0.25) is 0 Å². The van der Waals surface area contributed by atoms with Crippen molar-refractivity contribution >= 4 is 0 Å². The Kier molecular flexibility index (Phi) is 4.01. The van der Waals surface area contributed by atoms with Crippen molar-refractivity contribution < 1.29 is 0 Å². The number of hydrogen-bond acceptors (Lipinski definition) is 0. The molecule has 0 radical (unpaired) electrons. The van der Waals surface area contributed by atoms with E-state index in [-0.39, 0.29) is 0 Å². The Morgan fingerprint density at radius 1 is 1.04 bits per heavy atom. The minimum atomic E-state index is 0.491. The maximum Gasteiger partial charge on any atom is -0.00445 e. The smallest absolute Gasteiger partial charge is 0.00445 e. The highest BCUT2D eigenvalue weighted by atomic mass is 14.6. The van der Waals surface area contributed by atoms with Gasteiger partial charge in [-0.05, 0) is 91.4 Å². The molecule has 4 rings (SSSR count). The highest BCUT2D eigenvalue weighted by molar-refractivity contribution is 5.33. The highest BCUT2D eigenvalue weighted by Crippen LogP contribution is 2.66. The molecule has 0 heteroatoms. The van der Waals surface area contributed by atoms with Crippen LogP contribution in [0.25, 0.3) is 0 Å². The largest absolute Gasteiger partial charge is 0.0845 e. The fourth-order valence-electron chi connectivity index (χ4n) is 7.40. The van der Waals surface area contributed by atoms with Gasteiger partial charge in [-0.15, -0.1) is 0 Å². The molecule has 0 aromatic rings. The molecule has 0 heterocycles. The predicted octanol–water partition coefficient (Wildman–Crippen LogP) is 6.92. The number of fused-ring (bicyclic) bond motifs is 5. The fraction of sp³-hybridized carbons (Fsp3) is 0.826. The second-order valence-corrected chi connectivity index (χ2v) is 9.56. The van der Waals surface area contributed by atoms with Gasteiger partial charge in [0.25, 0.3) is 0 Å². The van der Waals surface area contributed by atoms with Crippen LogP contribution in [0, 0.1) is 34.5 Å². The van der Waals surface area contributed by atoms with Crippen LogP contribution in [0.15, 0.2) is 23.8 Å². The zero-order valence-electron chi connectivity index (χ0n) is 15.6. The van der Waals surface area contributed by atoms with Crippen LogP contribution in [0.3, 0.4) is 0 Å². The van der Waals surface area contributed by atoms with Gasteiger partial charge in [0, 0.05) is 0 Å². The maximum atomic E-state index is 2.69. The standard InChI is InChI=1S/C23H36/c1-4-5-8-17-11-13-20-19-12-10-18-9-6-7-15-22(18,2)21(19)14-16-23(17,20)3/h5,8,11,18-21H,4,6-7,9-10,12-16H2,1-3H3/t18?,19-,20-,21-,22-,23+/m0/s1. The highest BCUT2D eigenvalue weighted by Gasteiger charge is 2.57. The van der Waals surface area contributed by atoms with E-state index in [1.54, 1.807) is 5.57 Å². The molecule has 3 fully saturated rings. The summed E-state index contributed by atoms with van der Waals surface area (Å²) in [6.07, 6.45) is 22.1. The molecule has 0 aromatic carbocycles. The molecular weight excluding hydrogens is 276 g/mol. The Hall–Kier alpha value is -0.520. The molecule has 0 aromatic heterocycles. The van der Waals surface area contributed by atoms with Crippen LogP contribution in [0.1, 0.15) is 85.0 Å². The molecule has 128 valence electrons. The van der Waals surface area contributed by atoms with Crippen molar-refractivity contribution in [3.63, 3.8) is 0 Å². The van der Waals surface area contributed by atoms with E-state index in [0.717, 1.165) is 23.7 Å². The maximum absolute atomic E-state index is 2.69. The van der Waals surface area contributed by atoms with Crippen molar-refractivity contribution in [2.45, 2.75) is 85.0 Å². The lowest BCUT2D eigenvalue weighted by atomic mass is 9.45. The molecule has 3 saturated carbocycles. The van der Waals surface area contributed by atoms with Crippen molar-refractivity contribution in [1.82, 2.24) is 0 Å². The van der Waals surface area contributed by atoms with Gasteiger partial charge in [0.1, 0.15) is 0 Å². The van der Waals surface area contributed by atoms with E-state index in [1.807, 2.05) is 0 Å². The second-order valence-electron chi connectivity index (χ2n) is 9.56. The van der Waals surface area contributed by atoms with E-state index in [9.17, 15) is 0 Å². The van der Waals surface area contributed by atoms with Gasteiger partial charge in [0.15, 0.2) is 0 Å². The molecule has 0 amide bonds. The molecular formula is C23H36. The third-order valence-electron chi connectivity index (χ3n) is 8.76. The van der Waals surface area contributed by atoms with Crippen LogP contribution in [-0.2, 0) is 0 Å². The zero-order valence-corrected chi connectivity index (χ0v) is 15.6. The molecule has 0 bridgehead atoms. The van der Waals surface area contributed by atoms with Gasteiger partial charge in [-0.1, -0.05) is 51.8 Å². The van der Waals surface area contributed by atoms with Gasteiger partial charge in [-0.3, -0.25) is 0 Å². The third-order valence-corrected chi connectivity index (χ3v) is 8.76. The Balaban J connectivity index is 1.60. The number of hydrogen-bond donors (Lipinski definition) is 0. The average Bonchev–Trinajstić information content (AvgIpc) is 2.89. The number of allylic oxidation sites excluding steroid dienone is 4. The molecule has 23 heavy (non-hydrogen) atoms. The summed E-state index contributed by atoms with van der Waals surface area (Å²) in [7, 11) is 0. The van der Waals surface area contributed by atoms with Crippen LogP contribution in [0.5, 0.6) is 0 Å². The van der Waals surface area contributed by atoms with E-state index in [1.165, 1.54) is 64.2 Å². The van der Waals surface area contributed by atoms with Gasteiger partial charge >= 0.3 is 0 Å². The van der Waals surface area contributed by atoms with E-state index >= 15 is 0 Å². The summed E-state index contributed by atoms with van der Waals surface area (Å²) < 4.78 is 0. The Labute approximate surface area is 143 Å². The molecule has 0 saturated heterocycles. The minimum Gasteiger partial charge on any atom is -0.0845 e. The monoisotopic (exact) mass is 312 g/mol. The average molecular weight is 313 g/mol. The molecule has 4 aliphatic rings. The second kappa shape index (κ2) is 5.78. The van der Waals surface area contributed by atoms with Crippen LogP contribution >= 0.6 is 0 Å². The van der Waals surface area contributed by atoms with Crippen LogP contribution in [0.4, 0.5) is 0 Å². The lowest BCUT2D eigenvalue weighted by molar-refractivity contribution is -0.0982. The molecule has 6 atom stereocenters. The summed E-state index contributed by atoms with van der Waals surface area (Å²) in [5.74, 6) is 4.03. The van der Waals surface area contributed by atoms with Crippen molar-refractivity contribution in [2.75, 3.05) is 0 Å². The van der Waals surface area contributed by atoms with Gasteiger partial charge in [0.05, 0.1) is 0 Å². The van der Waals surface area contributed by atoms with E-state index in [0.29, 0.717) is 10.8 Å². The van der Waals surface area contributed by atoms with E-state index in [4.69, 9.17) is 0 Å². The van der Waals surface area contributed by atoms with Gasteiger partial charge < -0.3 is 0 Å². The lowest BCUT2D eigenvalue weighted by Gasteiger charge is -2.60. The first-order valence-electron chi connectivity index (χ1n) is 10.5. The van der Waals surface area contributed by atoms with Crippen LogP contribution < -0.4 is 0 Å². The summed E-state index contributed by atoms with van der Waals surface area (Å²) >= 11 is 0. The fourth-order valence-corrected chi connectivity index (χ4v) is 7.40. The molecule has 4 aliphatic carbocycles. The Morgan fingerprint density at radius 3 is 2.74 bits per heavy atom. The molecule has 0 spiro atoms. The zero-order chi connectivity index (χ0) is 16.1. The quantitative estimate of drug-likeness (QED) is 0.519. The number of rotatable bonds is 2.